The van der Waals surface area contributed by atoms with Gasteiger partial charge in [-0.2, -0.15) is 0 Å². The molecule has 1 aliphatic rings. The molecule has 1 unspecified atom stereocenters. The second-order valence-corrected chi connectivity index (χ2v) is 5.59. The fourth-order valence-electron chi connectivity index (χ4n) is 2.76. The Balaban J connectivity index is 2.00. The summed E-state index contributed by atoms with van der Waals surface area (Å²) in [5.74, 6) is 1.70. The molecule has 98 valence electrons. The van der Waals surface area contributed by atoms with Crippen molar-refractivity contribution in [1.82, 2.24) is 4.90 Å². The van der Waals surface area contributed by atoms with E-state index in [1.165, 1.54) is 6.42 Å². The summed E-state index contributed by atoms with van der Waals surface area (Å²) in [5.41, 5.74) is 0.820. The number of carbonyl (C=O) groups is 1. The highest BCUT2D eigenvalue weighted by atomic mass is 16.2. The first-order valence-electron chi connectivity index (χ1n) is 7.03. The highest BCUT2D eigenvalue weighted by Gasteiger charge is 2.22. The summed E-state index contributed by atoms with van der Waals surface area (Å²) in [6.45, 7) is 6.41. The van der Waals surface area contributed by atoms with Gasteiger partial charge in [0.2, 0.25) is 0 Å². The van der Waals surface area contributed by atoms with Gasteiger partial charge in [0.05, 0.1) is 0 Å². The largest absolute Gasteiger partial charge is 0.339 e. The Morgan fingerprint density at radius 3 is 2.56 bits per heavy atom. The summed E-state index contributed by atoms with van der Waals surface area (Å²) in [6.07, 6.45) is 3.55. The molecule has 18 heavy (non-hydrogen) atoms. The highest BCUT2D eigenvalue weighted by molar-refractivity contribution is 5.94. The molecule has 1 amide bonds. The zero-order valence-electron chi connectivity index (χ0n) is 11.4. The van der Waals surface area contributed by atoms with E-state index in [-0.39, 0.29) is 5.91 Å². The minimum absolute atomic E-state index is 0.194. The molecule has 1 saturated heterocycles. The zero-order valence-corrected chi connectivity index (χ0v) is 11.4. The molecule has 2 heteroatoms. The Kier molecular flexibility index (Phi) is 4.40. The van der Waals surface area contributed by atoms with E-state index in [0.717, 1.165) is 43.3 Å². The Morgan fingerprint density at radius 2 is 1.89 bits per heavy atom. The number of carbonyl (C=O) groups excluding carboxylic acids is 1. The van der Waals surface area contributed by atoms with Gasteiger partial charge in [-0.05, 0) is 43.2 Å². The minimum Gasteiger partial charge on any atom is -0.339 e. The SMILES string of the molecule is CC(C)C1CCCN(C(=O)c2ccccc2)CC1. The average molecular weight is 245 g/mol. The maximum absolute atomic E-state index is 12.4. The van der Waals surface area contributed by atoms with E-state index in [2.05, 4.69) is 13.8 Å². The number of rotatable bonds is 2. The van der Waals surface area contributed by atoms with E-state index < -0.39 is 0 Å². The summed E-state index contributed by atoms with van der Waals surface area (Å²) in [4.78, 5) is 14.4. The van der Waals surface area contributed by atoms with Crippen molar-refractivity contribution in [2.45, 2.75) is 33.1 Å². The third-order valence-electron chi connectivity index (χ3n) is 4.02. The van der Waals surface area contributed by atoms with E-state index in [1.54, 1.807) is 0 Å². The molecule has 2 rings (SSSR count). The number of likely N-dealkylation sites (tertiary alicyclic amines) is 1. The second-order valence-electron chi connectivity index (χ2n) is 5.59. The van der Waals surface area contributed by atoms with Crippen molar-refractivity contribution in [1.29, 1.82) is 0 Å². The van der Waals surface area contributed by atoms with Gasteiger partial charge in [0, 0.05) is 18.7 Å². The molecule has 0 aliphatic carbocycles. The summed E-state index contributed by atoms with van der Waals surface area (Å²) >= 11 is 0. The quantitative estimate of drug-likeness (QED) is 0.780. The summed E-state index contributed by atoms with van der Waals surface area (Å²) in [6, 6.07) is 9.64. The average Bonchev–Trinajstić information content (AvgIpc) is 2.64. The normalized spacial score (nSPS) is 20.8. The standard InChI is InChI=1S/C16H23NO/c1-13(2)14-9-6-11-17(12-10-14)16(18)15-7-4-3-5-8-15/h3-5,7-8,13-14H,6,9-12H2,1-2H3. The smallest absolute Gasteiger partial charge is 0.253 e. The third kappa shape index (κ3) is 3.12. The van der Waals surface area contributed by atoms with Gasteiger partial charge < -0.3 is 4.90 Å². The topological polar surface area (TPSA) is 20.3 Å². The molecule has 1 aliphatic heterocycles. The van der Waals surface area contributed by atoms with Crippen molar-refractivity contribution in [3.05, 3.63) is 35.9 Å². The highest BCUT2D eigenvalue weighted by Crippen LogP contribution is 2.25. The molecule has 0 N–H and O–H groups in total. The zero-order chi connectivity index (χ0) is 13.0. The van der Waals surface area contributed by atoms with Gasteiger partial charge in [0.25, 0.3) is 5.91 Å². The second kappa shape index (κ2) is 6.03. The lowest BCUT2D eigenvalue weighted by molar-refractivity contribution is 0.0759. The monoisotopic (exact) mass is 245 g/mol. The maximum atomic E-state index is 12.4. The van der Waals surface area contributed by atoms with Gasteiger partial charge in [-0.3, -0.25) is 4.79 Å². The van der Waals surface area contributed by atoms with Crippen LogP contribution >= 0.6 is 0 Å². The lowest BCUT2D eigenvalue weighted by Crippen LogP contribution is -2.32. The molecule has 2 nitrogen and oxygen atoms in total. The number of hydrogen-bond acceptors (Lipinski definition) is 1. The Morgan fingerprint density at radius 1 is 1.17 bits per heavy atom. The van der Waals surface area contributed by atoms with Crippen molar-refractivity contribution in [3.8, 4) is 0 Å². The minimum atomic E-state index is 0.194. The molecule has 1 heterocycles. The first-order valence-corrected chi connectivity index (χ1v) is 7.03. The van der Waals surface area contributed by atoms with E-state index in [1.807, 2.05) is 35.2 Å². The number of benzene rings is 1. The van der Waals surface area contributed by atoms with E-state index in [9.17, 15) is 4.79 Å². The molecule has 0 saturated carbocycles. The van der Waals surface area contributed by atoms with E-state index in [0.29, 0.717) is 0 Å². The molecule has 1 fully saturated rings. The van der Waals surface area contributed by atoms with Crippen LogP contribution in [0.1, 0.15) is 43.5 Å². The van der Waals surface area contributed by atoms with Crippen molar-refractivity contribution in [2.75, 3.05) is 13.1 Å². The predicted molar refractivity (Wildman–Crippen MR) is 74.5 cm³/mol. The molecule has 0 spiro atoms. The van der Waals surface area contributed by atoms with Crippen molar-refractivity contribution < 1.29 is 4.79 Å². The Bertz CT molecular complexity index is 385. The number of amides is 1. The van der Waals surface area contributed by atoms with Crippen LogP contribution in [-0.2, 0) is 0 Å². The van der Waals surface area contributed by atoms with E-state index in [4.69, 9.17) is 0 Å². The van der Waals surface area contributed by atoms with Crippen LogP contribution < -0.4 is 0 Å². The van der Waals surface area contributed by atoms with Gasteiger partial charge >= 0.3 is 0 Å². The molecule has 0 aromatic heterocycles. The molecule has 1 aromatic rings. The molecule has 1 atom stereocenters. The fraction of sp³-hybridized carbons (Fsp3) is 0.562. The Hall–Kier alpha value is -1.31. The predicted octanol–water partition coefficient (Wildman–Crippen LogP) is 3.58. The van der Waals surface area contributed by atoms with Gasteiger partial charge in [-0.15, -0.1) is 0 Å². The van der Waals surface area contributed by atoms with Crippen LogP contribution in [0.2, 0.25) is 0 Å². The summed E-state index contributed by atoms with van der Waals surface area (Å²) in [7, 11) is 0. The van der Waals surface area contributed by atoms with Crippen molar-refractivity contribution >= 4 is 5.91 Å². The summed E-state index contributed by atoms with van der Waals surface area (Å²) < 4.78 is 0. The number of hydrogen-bond donors (Lipinski definition) is 0. The van der Waals surface area contributed by atoms with Gasteiger partial charge in [-0.25, -0.2) is 0 Å². The number of nitrogens with zero attached hydrogens (tertiary/aromatic N) is 1. The molecule has 0 radical (unpaired) electrons. The van der Waals surface area contributed by atoms with E-state index >= 15 is 0 Å². The molecule has 0 bridgehead atoms. The molecule has 1 aromatic carbocycles. The van der Waals surface area contributed by atoms with Crippen LogP contribution in [0.15, 0.2) is 30.3 Å². The third-order valence-corrected chi connectivity index (χ3v) is 4.02. The first kappa shape index (κ1) is 13.1. The van der Waals surface area contributed by atoms with Crippen LogP contribution in [0.4, 0.5) is 0 Å². The first-order chi connectivity index (χ1) is 8.68. The van der Waals surface area contributed by atoms with Crippen LogP contribution in [0.25, 0.3) is 0 Å². The van der Waals surface area contributed by atoms with Gasteiger partial charge in [-0.1, -0.05) is 32.0 Å². The van der Waals surface area contributed by atoms with Gasteiger partial charge in [0.15, 0.2) is 0 Å². The fourth-order valence-corrected chi connectivity index (χ4v) is 2.76. The van der Waals surface area contributed by atoms with Crippen LogP contribution in [0.5, 0.6) is 0 Å². The summed E-state index contributed by atoms with van der Waals surface area (Å²) in [5, 5.41) is 0. The van der Waals surface area contributed by atoms with Gasteiger partial charge in [0.1, 0.15) is 0 Å². The Labute approximate surface area is 110 Å². The van der Waals surface area contributed by atoms with Crippen molar-refractivity contribution in [2.24, 2.45) is 11.8 Å². The lowest BCUT2D eigenvalue weighted by Gasteiger charge is -2.21. The molecular formula is C16H23NO. The van der Waals surface area contributed by atoms with Crippen LogP contribution in [0, 0.1) is 11.8 Å². The van der Waals surface area contributed by atoms with Crippen LogP contribution in [-0.4, -0.2) is 23.9 Å². The van der Waals surface area contributed by atoms with Crippen LogP contribution in [0.3, 0.4) is 0 Å². The lowest BCUT2D eigenvalue weighted by atomic mass is 9.89. The van der Waals surface area contributed by atoms with Crippen molar-refractivity contribution in [3.63, 3.8) is 0 Å². The molecular weight excluding hydrogens is 222 g/mol. The maximum Gasteiger partial charge on any atom is 0.253 e.